The van der Waals surface area contributed by atoms with Crippen LogP contribution in [-0.4, -0.2) is 21.5 Å². The second-order valence-electron chi connectivity index (χ2n) is 7.82. The lowest BCUT2D eigenvalue weighted by Gasteiger charge is -2.16. The summed E-state index contributed by atoms with van der Waals surface area (Å²) in [5, 5.41) is 3.05. The molecule has 3 aromatic rings. The standard InChI is InChI=1S/C24H29N3O2/c1-16-14-21-22(15-17(16)2)27(24(29)19(4)26-21)13-12-23(28)25-18(3)10-11-20-8-6-5-7-9-20/h5-9,14-15,18H,10-13H2,1-4H3,(H,25,28)/t18-/m0/s1. The third-order valence-electron chi connectivity index (χ3n) is 5.40. The first-order valence-electron chi connectivity index (χ1n) is 10.2. The van der Waals surface area contributed by atoms with E-state index < -0.39 is 0 Å². The van der Waals surface area contributed by atoms with Crippen LogP contribution in [0.15, 0.2) is 47.3 Å². The predicted octanol–water partition coefficient (Wildman–Crippen LogP) is 3.85. The summed E-state index contributed by atoms with van der Waals surface area (Å²) in [5.74, 6) is -0.0380. The molecule has 5 nitrogen and oxygen atoms in total. The van der Waals surface area contributed by atoms with Gasteiger partial charge in [-0.3, -0.25) is 9.59 Å². The molecule has 0 unspecified atom stereocenters. The molecule has 0 aliphatic rings. The minimum absolute atomic E-state index is 0.0380. The minimum atomic E-state index is -0.134. The van der Waals surface area contributed by atoms with Gasteiger partial charge in [-0.05, 0) is 69.4 Å². The number of aryl methyl sites for hydroxylation is 5. The number of amides is 1. The lowest BCUT2D eigenvalue weighted by atomic mass is 10.1. The quantitative estimate of drug-likeness (QED) is 0.665. The summed E-state index contributed by atoms with van der Waals surface area (Å²) in [6.45, 7) is 8.14. The van der Waals surface area contributed by atoms with E-state index in [1.54, 1.807) is 11.5 Å². The highest BCUT2D eigenvalue weighted by atomic mass is 16.2. The van der Waals surface area contributed by atoms with E-state index >= 15 is 0 Å². The first-order valence-corrected chi connectivity index (χ1v) is 10.2. The Morgan fingerprint density at radius 1 is 1.10 bits per heavy atom. The Bertz CT molecular complexity index is 1070. The van der Waals surface area contributed by atoms with Crippen molar-refractivity contribution in [2.45, 2.75) is 59.5 Å². The molecule has 0 bridgehead atoms. The van der Waals surface area contributed by atoms with Crippen molar-refractivity contribution in [3.63, 3.8) is 0 Å². The van der Waals surface area contributed by atoms with Gasteiger partial charge in [0, 0.05) is 19.0 Å². The van der Waals surface area contributed by atoms with Crippen LogP contribution in [0.5, 0.6) is 0 Å². The number of nitrogens with one attached hydrogen (secondary N) is 1. The van der Waals surface area contributed by atoms with E-state index in [1.165, 1.54) is 5.56 Å². The monoisotopic (exact) mass is 391 g/mol. The molecule has 1 amide bonds. The maximum Gasteiger partial charge on any atom is 0.272 e. The van der Waals surface area contributed by atoms with Gasteiger partial charge in [-0.1, -0.05) is 30.3 Å². The van der Waals surface area contributed by atoms with Crippen LogP contribution in [-0.2, 0) is 17.8 Å². The number of carbonyl (C=O) groups is 1. The summed E-state index contributed by atoms with van der Waals surface area (Å²) < 4.78 is 1.68. The number of fused-ring (bicyclic) bond motifs is 1. The minimum Gasteiger partial charge on any atom is -0.354 e. The van der Waals surface area contributed by atoms with Gasteiger partial charge in [0.2, 0.25) is 5.91 Å². The molecule has 1 N–H and O–H groups in total. The fourth-order valence-electron chi connectivity index (χ4n) is 3.51. The highest BCUT2D eigenvalue weighted by Crippen LogP contribution is 2.17. The van der Waals surface area contributed by atoms with Gasteiger partial charge >= 0.3 is 0 Å². The molecule has 5 heteroatoms. The summed E-state index contributed by atoms with van der Waals surface area (Å²) in [6, 6.07) is 14.3. The van der Waals surface area contributed by atoms with Gasteiger partial charge < -0.3 is 9.88 Å². The maximum absolute atomic E-state index is 12.6. The Morgan fingerprint density at radius 3 is 2.52 bits per heavy atom. The first kappa shape index (κ1) is 20.8. The van der Waals surface area contributed by atoms with Crippen LogP contribution in [0.2, 0.25) is 0 Å². The molecule has 0 aliphatic carbocycles. The lowest BCUT2D eigenvalue weighted by molar-refractivity contribution is -0.121. The molecule has 0 fully saturated rings. The van der Waals surface area contributed by atoms with E-state index in [0.29, 0.717) is 12.2 Å². The highest BCUT2D eigenvalue weighted by molar-refractivity contribution is 5.78. The third-order valence-corrected chi connectivity index (χ3v) is 5.40. The molecule has 0 aliphatic heterocycles. The smallest absolute Gasteiger partial charge is 0.272 e. The van der Waals surface area contributed by atoms with Gasteiger partial charge in [-0.25, -0.2) is 4.98 Å². The van der Waals surface area contributed by atoms with Crippen molar-refractivity contribution in [1.29, 1.82) is 0 Å². The summed E-state index contributed by atoms with van der Waals surface area (Å²) in [7, 11) is 0. The number of nitrogens with zero attached hydrogens (tertiary/aromatic N) is 2. The van der Waals surface area contributed by atoms with Crippen molar-refractivity contribution in [2.75, 3.05) is 0 Å². The molecule has 29 heavy (non-hydrogen) atoms. The van der Waals surface area contributed by atoms with Crippen molar-refractivity contribution in [1.82, 2.24) is 14.9 Å². The fourth-order valence-corrected chi connectivity index (χ4v) is 3.51. The van der Waals surface area contributed by atoms with Crippen LogP contribution in [0.1, 0.15) is 42.1 Å². The number of rotatable bonds is 7. The first-order chi connectivity index (χ1) is 13.8. The zero-order valence-corrected chi connectivity index (χ0v) is 17.7. The Balaban J connectivity index is 1.65. The summed E-state index contributed by atoms with van der Waals surface area (Å²) in [6.07, 6.45) is 2.07. The van der Waals surface area contributed by atoms with Gasteiger partial charge in [0.25, 0.3) is 5.56 Å². The predicted molar refractivity (Wildman–Crippen MR) is 117 cm³/mol. The largest absolute Gasteiger partial charge is 0.354 e. The second kappa shape index (κ2) is 9.03. The van der Waals surface area contributed by atoms with Gasteiger partial charge in [0.15, 0.2) is 0 Å². The molecular weight excluding hydrogens is 362 g/mol. The molecule has 152 valence electrons. The highest BCUT2D eigenvalue weighted by Gasteiger charge is 2.13. The Morgan fingerprint density at radius 2 is 1.79 bits per heavy atom. The van der Waals surface area contributed by atoms with E-state index in [4.69, 9.17) is 0 Å². The Kier molecular flexibility index (Phi) is 6.47. The summed E-state index contributed by atoms with van der Waals surface area (Å²) in [5.41, 5.74) is 5.41. The van der Waals surface area contributed by atoms with E-state index in [-0.39, 0.29) is 23.9 Å². The lowest BCUT2D eigenvalue weighted by Crippen LogP contribution is -2.34. The molecular formula is C24H29N3O2. The number of hydrogen-bond acceptors (Lipinski definition) is 3. The van der Waals surface area contributed by atoms with Crippen molar-refractivity contribution in [3.05, 3.63) is 75.2 Å². The van der Waals surface area contributed by atoms with Crippen molar-refractivity contribution in [3.8, 4) is 0 Å². The number of carbonyl (C=O) groups excluding carboxylic acids is 1. The van der Waals surface area contributed by atoms with Crippen molar-refractivity contribution >= 4 is 16.9 Å². The van der Waals surface area contributed by atoms with E-state index in [9.17, 15) is 9.59 Å². The van der Waals surface area contributed by atoms with E-state index in [1.807, 2.05) is 51.1 Å². The number of hydrogen-bond donors (Lipinski definition) is 1. The molecule has 1 aromatic heterocycles. The zero-order chi connectivity index (χ0) is 21.0. The van der Waals surface area contributed by atoms with Crippen molar-refractivity contribution < 1.29 is 4.79 Å². The maximum atomic E-state index is 12.6. The molecule has 1 heterocycles. The molecule has 2 aromatic carbocycles. The van der Waals surface area contributed by atoms with Crippen LogP contribution < -0.4 is 10.9 Å². The van der Waals surface area contributed by atoms with E-state index in [2.05, 4.69) is 22.4 Å². The Labute approximate surface area is 171 Å². The molecule has 1 atom stereocenters. The van der Waals surface area contributed by atoms with Crippen LogP contribution in [0.4, 0.5) is 0 Å². The molecule has 0 radical (unpaired) electrons. The zero-order valence-electron chi connectivity index (χ0n) is 17.7. The average Bonchev–Trinajstić information content (AvgIpc) is 2.69. The SMILES string of the molecule is Cc1cc2nc(C)c(=O)n(CCC(=O)N[C@@H](C)CCc3ccccc3)c2cc1C. The van der Waals surface area contributed by atoms with Crippen LogP contribution in [0.25, 0.3) is 11.0 Å². The fraction of sp³-hybridized carbons (Fsp3) is 0.375. The molecule has 0 spiro atoms. The number of aromatic nitrogens is 2. The summed E-state index contributed by atoms with van der Waals surface area (Å²) in [4.78, 5) is 29.5. The average molecular weight is 392 g/mol. The third kappa shape index (κ3) is 5.11. The normalized spacial score (nSPS) is 12.1. The van der Waals surface area contributed by atoms with Crippen LogP contribution >= 0.6 is 0 Å². The second-order valence-corrected chi connectivity index (χ2v) is 7.82. The van der Waals surface area contributed by atoms with Gasteiger partial charge in [0.1, 0.15) is 5.69 Å². The van der Waals surface area contributed by atoms with Crippen molar-refractivity contribution in [2.24, 2.45) is 0 Å². The van der Waals surface area contributed by atoms with Gasteiger partial charge in [-0.2, -0.15) is 0 Å². The molecule has 0 saturated heterocycles. The number of benzene rings is 2. The molecule has 3 rings (SSSR count). The van der Waals surface area contributed by atoms with Gasteiger partial charge in [-0.15, -0.1) is 0 Å². The topological polar surface area (TPSA) is 64.0 Å². The Hall–Kier alpha value is -2.95. The van der Waals surface area contributed by atoms with E-state index in [0.717, 1.165) is 35.0 Å². The van der Waals surface area contributed by atoms with Crippen LogP contribution in [0.3, 0.4) is 0 Å². The van der Waals surface area contributed by atoms with Gasteiger partial charge in [0.05, 0.1) is 11.0 Å². The summed E-state index contributed by atoms with van der Waals surface area (Å²) >= 11 is 0. The molecule has 0 saturated carbocycles. The van der Waals surface area contributed by atoms with Crippen LogP contribution in [0, 0.1) is 20.8 Å².